The molecule has 3 aromatic rings. The fourth-order valence-corrected chi connectivity index (χ4v) is 2.85. The Balaban J connectivity index is 1.42. The summed E-state index contributed by atoms with van der Waals surface area (Å²) in [7, 11) is 0. The van der Waals surface area contributed by atoms with Crippen LogP contribution >= 0.6 is 0 Å². The van der Waals surface area contributed by atoms with Crippen molar-refractivity contribution >= 4 is 16.9 Å². The van der Waals surface area contributed by atoms with E-state index in [-0.39, 0.29) is 6.03 Å². The molecule has 2 aromatic heterocycles. The maximum atomic E-state index is 12.6. The normalized spacial score (nSPS) is 13.8. The van der Waals surface area contributed by atoms with E-state index < -0.39 is 0 Å². The van der Waals surface area contributed by atoms with Gasteiger partial charge in [0.2, 0.25) is 0 Å². The third-order valence-corrected chi connectivity index (χ3v) is 4.29. The maximum Gasteiger partial charge on any atom is 0.318 e. The van der Waals surface area contributed by atoms with E-state index in [0.717, 1.165) is 34.9 Å². The van der Waals surface area contributed by atoms with Gasteiger partial charge in [-0.3, -0.25) is 4.98 Å². The fraction of sp³-hybridized carbons (Fsp3) is 0.263. The summed E-state index contributed by atoms with van der Waals surface area (Å²) in [5.41, 5.74) is 3.06. The van der Waals surface area contributed by atoms with Crippen LogP contribution in [-0.2, 0) is 13.1 Å². The minimum atomic E-state index is -0.0232. The van der Waals surface area contributed by atoms with Gasteiger partial charge in [0.05, 0.1) is 24.6 Å². The lowest BCUT2D eigenvalue weighted by atomic mass is 10.1. The second-order valence-electron chi connectivity index (χ2n) is 6.18. The predicted octanol–water partition coefficient (Wildman–Crippen LogP) is 3.70. The van der Waals surface area contributed by atoms with Crippen LogP contribution in [0.1, 0.15) is 24.0 Å². The van der Waals surface area contributed by atoms with Gasteiger partial charge >= 0.3 is 6.03 Å². The van der Waals surface area contributed by atoms with E-state index in [9.17, 15) is 4.79 Å². The van der Waals surface area contributed by atoms with Crippen LogP contribution in [0.2, 0.25) is 0 Å². The summed E-state index contributed by atoms with van der Waals surface area (Å²) >= 11 is 0. The summed E-state index contributed by atoms with van der Waals surface area (Å²) in [6.45, 7) is 1.10. The van der Waals surface area contributed by atoms with Crippen LogP contribution in [0.25, 0.3) is 10.9 Å². The quantitative estimate of drug-likeness (QED) is 0.779. The van der Waals surface area contributed by atoms with Gasteiger partial charge in [-0.05, 0) is 42.7 Å². The average molecular weight is 321 g/mol. The molecule has 4 rings (SSSR count). The molecule has 0 saturated heterocycles. The smallest absolute Gasteiger partial charge is 0.318 e. The van der Waals surface area contributed by atoms with Gasteiger partial charge in [-0.2, -0.15) is 0 Å². The summed E-state index contributed by atoms with van der Waals surface area (Å²) in [5.74, 6) is 0. The molecule has 0 unspecified atom stereocenters. The number of rotatable bonds is 5. The first-order valence-corrected chi connectivity index (χ1v) is 8.19. The highest BCUT2D eigenvalue weighted by atomic mass is 16.3. The van der Waals surface area contributed by atoms with Crippen molar-refractivity contribution in [3.8, 4) is 0 Å². The van der Waals surface area contributed by atoms with Crippen LogP contribution in [0.3, 0.4) is 0 Å². The number of urea groups is 1. The molecule has 0 aliphatic heterocycles. The molecule has 1 aliphatic carbocycles. The number of carbonyl (C=O) groups excluding carboxylic acids is 1. The molecule has 1 aromatic carbocycles. The van der Waals surface area contributed by atoms with Crippen LogP contribution in [-0.4, -0.2) is 22.0 Å². The Bertz CT molecular complexity index is 841. The molecule has 0 spiro atoms. The fourth-order valence-electron chi connectivity index (χ4n) is 2.85. The van der Waals surface area contributed by atoms with E-state index in [0.29, 0.717) is 19.1 Å². The zero-order valence-electron chi connectivity index (χ0n) is 13.3. The Morgan fingerprint density at radius 2 is 2.17 bits per heavy atom. The standard InChI is InChI=1S/C19H19N3O2/c23-19(22(17-4-5-17)12-15-7-9-24-13-15)21-11-14-3-6-18-16(10-14)2-1-8-20-18/h1-3,6-10,13,17H,4-5,11-12H2,(H,21,23). The van der Waals surface area contributed by atoms with Gasteiger partial charge in [-0.25, -0.2) is 4.79 Å². The van der Waals surface area contributed by atoms with Gasteiger partial charge < -0.3 is 14.6 Å². The number of hydrogen-bond acceptors (Lipinski definition) is 3. The molecule has 0 bridgehead atoms. The molecule has 0 radical (unpaired) electrons. The van der Waals surface area contributed by atoms with Crippen molar-refractivity contribution in [3.63, 3.8) is 0 Å². The minimum Gasteiger partial charge on any atom is -0.472 e. The van der Waals surface area contributed by atoms with Crippen molar-refractivity contribution < 1.29 is 9.21 Å². The Hall–Kier alpha value is -2.82. The first-order valence-electron chi connectivity index (χ1n) is 8.19. The number of fused-ring (bicyclic) bond motifs is 1. The van der Waals surface area contributed by atoms with Gasteiger partial charge in [-0.15, -0.1) is 0 Å². The Labute approximate surface area is 140 Å². The lowest BCUT2D eigenvalue weighted by molar-refractivity contribution is 0.191. The van der Waals surface area contributed by atoms with Gasteiger partial charge in [0.1, 0.15) is 0 Å². The lowest BCUT2D eigenvalue weighted by Gasteiger charge is -2.22. The third kappa shape index (κ3) is 3.25. The van der Waals surface area contributed by atoms with Gasteiger partial charge in [-0.1, -0.05) is 12.1 Å². The second kappa shape index (κ2) is 6.35. The molecule has 2 heterocycles. The number of benzene rings is 1. The number of hydrogen-bond donors (Lipinski definition) is 1. The van der Waals surface area contributed by atoms with Crippen molar-refractivity contribution in [3.05, 3.63) is 66.2 Å². The second-order valence-corrected chi connectivity index (χ2v) is 6.18. The number of amides is 2. The highest BCUT2D eigenvalue weighted by molar-refractivity contribution is 5.79. The van der Waals surface area contributed by atoms with E-state index in [2.05, 4.69) is 16.4 Å². The first kappa shape index (κ1) is 14.8. The number of carbonyl (C=O) groups is 1. The van der Waals surface area contributed by atoms with E-state index in [1.54, 1.807) is 18.7 Å². The number of aromatic nitrogens is 1. The largest absolute Gasteiger partial charge is 0.472 e. The van der Waals surface area contributed by atoms with Gasteiger partial charge in [0.15, 0.2) is 0 Å². The SMILES string of the molecule is O=C(NCc1ccc2ncccc2c1)N(Cc1ccoc1)C1CC1. The van der Waals surface area contributed by atoms with Crippen LogP contribution in [0.5, 0.6) is 0 Å². The van der Waals surface area contributed by atoms with Crippen LogP contribution in [0, 0.1) is 0 Å². The Morgan fingerprint density at radius 3 is 2.96 bits per heavy atom. The zero-order chi connectivity index (χ0) is 16.4. The summed E-state index contributed by atoms with van der Waals surface area (Å²) in [6, 6.07) is 12.2. The van der Waals surface area contributed by atoms with Gasteiger partial charge in [0.25, 0.3) is 0 Å². The topological polar surface area (TPSA) is 58.4 Å². The molecule has 5 nitrogen and oxygen atoms in total. The number of pyridine rings is 1. The molecule has 5 heteroatoms. The third-order valence-electron chi connectivity index (χ3n) is 4.29. The number of furan rings is 1. The summed E-state index contributed by atoms with van der Waals surface area (Å²) in [5, 5.41) is 4.12. The molecule has 1 fully saturated rings. The van der Waals surface area contributed by atoms with Crippen LogP contribution in [0.15, 0.2) is 59.5 Å². The van der Waals surface area contributed by atoms with Crippen molar-refractivity contribution in [1.82, 2.24) is 15.2 Å². The predicted molar refractivity (Wildman–Crippen MR) is 91.3 cm³/mol. The van der Waals surface area contributed by atoms with Crippen LogP contribution < -0.4 is 5.32 Å². The average Bonchev–Trinajstić information content (AvgIpc) is 3.33. The lowest BCUT2D eigenvalue weighted by Crippen LogP contribution is -2.40. The summed E-state index contributed by atoms with van der Waals surface area (Å²) in [4.78, 5) is 18.8. The van der Waals surface area contributed by atoms with E-state index >= 15 is 0 Å². The first-order chi connectivity index (χ1) is 11.8. The molecule has 1 N–H and O–H groups in total. The molecule has 122 valence electrons. The molecule has 0 atom stereocenters. The molecular formula is C19H19N3O2. The number of nitrogens with zero attached hydrogens (tertiary/aromatic N) is 2. The van der Waals surface area contributed by atoms with E-state index in [4.69, 9.17) is 4.42 Å². The highest BCUT2D eigenvalue weighted by Gasteiger charge is 2.32. The molecular weight excluding hydrogens is 302 g/mol. The Kier molecular flexibility index (Phi) is 3.91. The van der Waals surface area contributed by atoms with Crippen LogP contribution in [0.4, 0.5) is 4.79 Å². The van der Waals surface area contributed by atoms with Crippen molar-refractivity contribution in [2.75, 3.05) is 0 Å². The highest BCUT2D eigenvalue weighted by Crippen LogP contribution is 2.28. The monoisotopic (exact) mass is 321 g/mol. The number of nitrogens with one attached hydrogen (secondary N) is 1. The van der Waals surface area contributed by atoms with Crippen molar-refractivity contribution in [1.29, 1.82) is 0 Å². The molecule has 1 saturated carbocycles. The van der Waals surface area contributed by atoms with E-state index in [1.165, 1.54) is 0 Å². The molecule has 1 aliphatic rings. The molecule has 24 heavy (non-hydrogen) atoms. The van der Waals surface area contributed by atoms with Crippen molar-refractivity contribution in [2.45, 2.75) is 32.0 Å². The summed E-state index contributed by atoms with van der Waals surface area (Å²) in [6.07, 6.45) is 7.27. The van der Waals surface area contributed by atoms with E-state index in [1.807, 2.05) is 35.2 Å². The molecule has 2 amide bonds. The minimum absolute atomic E-state index is 0.0232. The van der Waals surface area contributed by atoms with Crippen molar-refractivity contribution in [2.24, 2.45) is 0 Å². The summed E-state index contributed by atoms with van der Waals surface area (Å²) < 4.78 is 5.10. The zero-order valence-corrected chi connectivity index (χ0v) is 13.3. The maximum absolute atomic E-state index is 12.6. The van der Waals surface area contributed by atoms with Gasteiger partial charge in [0, 0.05) is 29.7 Å². The Morgan fingerprint density at radius 1 is 1.25 bits per heavy atom.